The number of rotatable bonds is 22. The van der Waals surface area contributed by atoms with Crippen LogP contribution in [-0.2, 0) is 30.4 Å². The zero-order valence-corrected chi connectivity index (χ0v) is 45.3. The topological polar surface area (TPSA) is 275 Å². The van der Waals surface area contributed by atoms with Gasteiger partial charge in [0, 0.05) is 74.7 Å². The molecule has 412 valence electrons. The van der Waals surface area contributed by atoms with Crippen LogP contribution in [0.5, 0.6) is 23.0 Å². The minimum absolute atomic E-state index is 0.00138. The Labute approximate surface area is 444 Å². The number of alkyl halides is 1. The molecule has 23 nitrogen and oxygen atoms in total. The van der Waals surface area contributed by atoms with E-state index in [9.17, 15) is 33.9 Å². The van der Waals surface area contributed by atoms with Crippen LogP contribution in [0.25, 0.3) is 22.0 Å². The van der Waals surface area contributed by atoms with Crippen molar-refractivity contribution in [3.8, 4) is 23.0 Å². The van der Waals surface area contributed by atoms with Crippen molar-refractivity contribution < 1.29 is 71.4 Å². The van der Waals surface area contributed by atoms with Crippen LogP contribution in [0.4, 0.5) is 25.8 Å². The molecule has 3 heterocycles. The van der Waals surface area contributed by atoms with Gasteiger partial charge >= 0.3 is 18.3 Å². The van der Waals surface area contributed by atoms with E-state index in [1.54, 1.807) is 84.0 Å². The van der Waals surface area contributed by atoms with Crippen molar-refractivity contribution in [3.63, 3.8) is 0 Å². The van der Waals surface area contributed by atoms with Crippen LogP contribution in [0.3, 0.4) is 0 Å². The Morgan fingerprint density at radius 1 is 0.908 bits per heavy atom. The van der Waals surface area contributed by atoms with Crippen molar-refractivity contribution in [1.29, 1.82) is 0 Å². The molecular formula is C52H67ClN8O15. The number of ether oxygens (including phenoxy) is 7. The van der Waals surface area contributed by atoms with Gasteiger partial charge in [0.15, 0.2) is 28.7 Å². The van der Waals surface area contributed by atoms with Crippen LogP contribution >= 0.6 is 11.6 Å². The maximum Gasteiger partial charge on any atom is 0.415 e. The van der Waals surface area contributed by atoms with Crippen molar-refractivity contribution in [1.82, 2.24) is 30.4 Å². The normalized spacial score (nSPS) is 13.9. The first-order valence-corrected chi connectivity index (χ1v) is 25.0. The van der Waals surface area contributed by atoms with Gasteiger partial charge in [0.05, 0.1) is 52.4 Å². The van der Waals surface area contributed by atoms with Gasteiger partial charge in [0.25, 0.3) is 5.91 Å². The fourth-order valence-electron chi connectivity index (χ4n) is 8.28. The Morgan fingerprint density at radius 2 is 1.62 bits per heavy atom. The summed E-state index contributed by atoms with van der Waals surface area (Å²) in [6.45, 7) is 11.6. The van der Waals surface area contributed by atoms with E-state index in [-0.39, 0.29) is 93.2 Å². The van der Waals surface area contributed by atoms with Crippen molar-refractivity contribution in [2.24, 2.45) is 5.92 Å². The fraction of sp³-hybridized carbons (Fsp3) is 0.481. The number of carbonyl (C=O) groups is 6. The van der Waals surface area contributed by atoms with Gasteiger partial charge in [-0.05, 0) is 63.4 Å². The number of aromatic amines is 1. The molecule has 0 spiro atoms. The number of amides is 6. The van der Waals surface area contributed by atoms with Gasteiger partial charge < -0.3 is 78.3 Å². The zero-order chi connectivity index (χ0) is 55.6. The highest BCUT2D eigenvalue weighted by Crippen LogP contribution is 2.47. The number of aryl methyl sites for hydroxylation is 1. The molecule has 76 heavy (non-hydrogen) atoms. The van der Waals surface area contributed by atoms with Gasteiger partial charge in [0.1, 0.15) is 35.5 Å². The molecule has 5 N–H and O–H groups in total. The summed E-state index contributed by atoms with van der Waals surface area (Å²) in [4.78, 5) is 92.2. The molecule has 5 aromatic rings. The average molecular weight is 1080 g/mol. The number of aliphatic hydroxyl groups is 1. The Balaban J connectivity index is 1.10. The van der Waals surface area contributed by atoms with E-state index in [4.69, 9.17) is 49.2 Å². The number of H-pyrrole nitrogens is 1. The van der Waals surface area contributed by atoms with Gasteiger partial charge in [-0.3, -0.25) is 14.4 Å². The number of nitrogens with zero attached hydrogens (tertiary/aromatic N) is 4. The van der Waals surface area contributed by atoms with Crippen LogP contribution in [0.1, 0.15) is 75.0 Å². The van der Waals surface area contributed by atoms with Gasteiger partial charge in [0.2, 0.25) is 17.6 Å². The maximum atomic E-state index is 14.5. The molecule has 0 bridgehead atoms. The van der Waals surface area contributed by atoms with E-state index in [2.05, 4.69) is 25.9 Å². The Bertz CT molecular complexity index is 2900. The second kappa shape index (κ2) is 25.4. The molecule has 0 fully saturated rings. The van der Waals surface area contributed by atoms with Crippen molar-refractivity contribution in [2.75, 3.05) is 90.5 Å². The monoisotopic (exact) mass is 1080 g/mol. The molecule has 6 amide bonds. The summed E-state index contributed by atoms with van der Waals surface area (Å²) in [5.74, 6) is -0.641. The largest absolute Gasteiger partial charge is 0.493 e. The standard InChI is InChI=1S/C52H67ClN8O15/c1-28(2)40(58-49(66)76-52(5,6)7)47(64)54-29(3)46(63)56-34-14-12-31(13-15-34)27-73-50(67)59(8)16-17-60(18-20-72-21-19-62)51(68)75-38-24-36-39(42-43(38)74-30(4)55-42)33(25-53)26-61(36)48(65)35-22-32-23-37(69-9)44(70-10)45(71-11)41(32)57-35/h12-15,22-24,28-29,33,40,57,62H,16-21,25-27H2,1-11H3,(H,54,64)(H,56,63)(H,58,66)/t29-,33?,40-/m1/s1. The van der Waals surface area contributed by atoms with E-state index >= 15 is 0 Å². The minimum atomic E-state index is -0.961. The van der Waals surface area contributed by atoms with Gasteiger partial charge in [-0.1, -0.05) is 26.0 Å². The van der Waals surface area contributed by atoms with Crippen LogP contribution in [-0.4, -0.2) is 159 Å². The summed E-state index contributed by atoms with van der Waals surface area (Å²) < 4.78 is 45.1. The van der Waals surface area contributed by atoms with Crippen LogP contribution in [0, 0.1) is 12.8 Å². The highest BCUT2D eigenvalue weighted by molar-refractivity contribution is 6.19. The number of hydrogen-bond donors (Lipinski definition) is 5. The highest BCUT2D eigenvalue weighted by Gasteiger charge is 2.38. The summed E-state index contributed by atoms with van der Waals surface area (Å²) in [7, 11) is 5.96. The minimum Gasteiger partial charge on any atom is -0.493 e. The number of methoxy groups -OCH3 is 3. The number of benzene rings is 3. The van der Waals surface area contributed by atoms with Gasteiger partial charge in [-0.15, -0.1) is 11.6 Å². The molecule has 24 heteroatoms. The van der Waals surface area contributed by atoms with Crippen molar-refractivity contribution in [2.45, 2.75) is 78.7 Å². The Kier molecular flexibility index (Phi) is 19.3. The van der Waals surface area contributed by atoms with Gasteiger partial charge in [-0.25, -0.2) is 19.4 Å². The van der Waals surface area contributed by atoms with Crippen molar-refractivity contribution >= 4 is 81.0 Å². The quantitative estimate of drug-likeness (QED) is 0.0356. The number of aliphatic hydroxyl groups excluding tert-OH is 1. The molecule has 0 radical (unpaired) electrons. The zero-order valence-electron chi connectivity index (χ0n) is 44.5. The number of likely N-dealkylation sites (N-methyl/N-ethyl adjacent to an activating group) is 1. The van der Waals surface area contributed by atoms with E-state index in [0.29, 0.717) is 56.2 Å². The third-order valence-corrected chi connectivity index (χ3v) is 12.5. The molecule has 3 aromatic carbocycles. The second-order valence-electron chi connectivity index (χ2n) is 19.2. The second-order valence-corrected chi connectivity index (χ2v) is 19.5. The Morgan fingerprint density at radius 3 is 2.25 bits per heavy atom. The van der Waals surface area contributed by atoms with E-state index < -0.39 is 53.7 Å². The number of oxazole rings is 1. The molecule has 2 aromatic heterocycles. The first kappa shape index (κ1) is 57.8. The number of anilines is 2. The summed E-state index contributed by atoms with van der Waals surface area (Å²) in [5, 5.41) is 17.9. The summed E-state index contributed by atoms with van der Waals surface area (Å²) in [6, 6.07) is 9.57. The lowest BCUT2D eigenvalue weighted by Crippen LogP contribution is -2.54. The van der Waals surface area contributed by atoms with Crippen molar-refractivity contribution in [3.05, 3.63) is 65.2 Å². The lowest BCUT2D eigenvalue weighted by atomic mass is 10.0. The number of nitrogens with one attached hydrogen (secondary N) is 4. The number of halogens is 1. The molecule has 1 aliphatic heterocycles. The highest BCUT2D eigenvalue weighted by atomic mass is 35.5. The first-order chi connectivity index (χ1) is 36.1. The van der Waals surface area contributed by atoms with E-state index in [1.807, 2.05) is 0 Å². The third-order valence-electron chi connectivity index (χ3n) is 12.1. The number of fused-ring (bicyclic) bond motifs is 4. The average Bonchev–Trinajstić information content (AvgIpc) is 4.11. The third kappa shape index (κ3) is 13.9. The van der Waals surface area contributed by atoms with Crippen LogP contribution < -0.4 is 39.8 Å². The lowest BCUT2D eigenvalue weighted by molar-refractivity contribution is -0.128. The fourth-order valence-corrected chi connectivity index (χ4v) is 8.54. The molecule has 1 unspecified atom stereocenters. The molecule has 1 aliphatic rings. The number of alkyl carbamates (subject to hydrolysis) is 1. The molecular weight excluding hydrogens is 1010 g/mol. The van der Waals surface area contributed by atoms with Crippen LogP contribution in [0.2, 0.25) is 0 Å². The molecule has 0 saturated heterocycles. The van der Waals surface area contributed by atoms with Gasteiger partial charge in [-0.2, -0.15) is 0 Å². The number of carbonyl (C=O) groups excluding carboxylic acids is 6. The molecule has 6 rings (SSSR count). The smallest absolute Gasteiger partial charge is 0.415 e. The predicted octanol–water partition coefficient (Wildman–Crippen LogP) is 6.70. The Hall–Kier alpha value is -7.50. The SMILES string of the molecule is COc1cc2cc(C(=O)N3CC(CCl)c4c3cc(OC(=O)N(CCOCCO)CCN(C)C(=O)OCc3ccc(NC(=O)[C@@H](C)NC(=O)[C@H](NC(=O)OC(C)(C)C)C(C)C)cc3)c3oc(C)nc43)[nH]c2c(OC)c1OC. The summed E-state index contributed by atoms with van der Waals surface area (Å²) in [6.07, 6.45) is -2.29. The van der Waals surface area contributed by atoms with E-state index in [0.717, 1.165) is 0 Å². The number of hydrogen-bond acceptors (Lipinski definition) is 16. The predicted molar refractivity (Wildman–Crippen MR) is 281 cm³/mol. The molecule has 0 saturated carbocycles. The molecule has 3 atom stereocenters. The maximum absolute atomic E-state index is 14.5. The summed E-state index contributed by atoms with van der Waals surface area (Å²) in [5.41, 5.74) is 2.57. The lowest BCUT2D eigenvalue weighted by Gasteiger charge is -2.26. The van der Waals surface area contributed by atoms with Crippen LogP contribution in [0.15, 0.2) is 46.9 Å². The number of aromatic nitrogens is 2. The first-order valence-electron chi connectivity index (χ1n) is 24.5. The molecule has 0 aliphatic carbocycles. The van der Waals surface area contributed by atoms with E-state index in [1.165, 1.54) is 50.0 Å². The summed E-state index contributed by atoms with van der Waals surface area (Å²) >= 11 is 6.54.